The second-order valence-corrected chi connectivity index (χ2v) is 9.93. The number of esters is 1. The second-order valence-electron chi connectivity index (χ2n) is 7.90. The van der Waals surface area contributed by atoms with Crippen LogP contribution in [-0.2, 0) is 15.6 Å². The van der Waals surface area contributed by atoms with Gasteiger partial charge in [-0.05, 0) is 63.1 Å². The summed E-state index contributed by atoms with van der Waals surface area (Å²) in [5.74, 6) is 6.46. The Morgan fingerprint density at radius 2 is 1.43 bits per heavy atom. The molecule has 4 rings (SSSR count). The Labute approximate surface area is 181 Å². The zero-order valence-corrected chi connectivity index (χ0v) is 18.1. The molecule has 1 aliphatic rings. The molecule has 3 aromatic rings. The third-order valence-electron chi connectivity index (χ3n) is 4.77. The quantitative estimate of drug-likeness (QED) is 0.286. The van der Waals surface area contributed by atoms with E-state index in [4.69, 9.17) is 4.74 Å². The van der Waals surface area contributed by atoms with E-state index < -0.39 is 5.60 Å². The van der Waals surface area contributed by atoms with Crippen molar-refractivity contribution in [3.8, 4) is 11.8 Å². The molecule has 150 valence electrons. The SMILES string of the molecule is CC(C)(C#CC1CC1)OC(=O)c1cccc([S+](c2ccccc2)c2ccccc2)c1. The molecule has 0 heterocycles. The van der Waals surface area contributed by atoms with E-state index in [1.807, 2.05) is 44.2 Å². The van der Waals surface area contributed by atoms with Crippen molar-refractivity contribution >= 4 is 16.9 Å². The van der Waals surface area contributed by atoms with Gasteiger partial charge >= 0.3 is 5.97 Å². The Bertz CT molecular complexity index is 1030. The number of ether oxygens (including phenoxy) is 1. The molecule has 0 amide bonds. The highest BCUT2D eigenvalue weighted by molar-refractivity contribution is 7.97. The van der Waals surface area contributed by atoms with Gasteiger partial charge in [0.15, 0.2) is 20.3 Å². The molecule has 0 atom stereocenters. The molecule has 0 radical (unpaired) electrons. The predicted molar refractivity (Wildman–Crippen MR) is 121 cm³/mol. The minimum Gasteiger partial charge on any atom is -0.443 e. The molecule has 1 aliphatic carbocycles. The van der Waals surface area contributed by atoms with E-state index in [1.165, 1.54) is 9.79 Å². The van der Waals surface area contributed by atoms with Crippen LogP contribution in [0.5, 0.6) is 0 Å². The summed E-state index contributed by atoms with van der Waals surface area (Å²) in [6, 6.07) is 28.6. The second kappa shape index (κ2) is 8.81. The van der Waals surface area contributed by atoms with Crippen molar-refractivity contribution in [3.05, 3.63) is 90.5 Å². The molecule has 0 aliphatic heterocycles. The molecular weight excluding hydrogens is 388 g/mol. The lowest BCUT2D eigenvalue weighted by Crippen LogP contribution is -2.26. The number of hydrogen-bond donors (Lipinski definition) is 0. The van der Waals surface area contributed by atoms with Crippen molar-refractivity contribution in [2.24, 2.45) is 5.92 Å². The van der Waals surface area contributed by atoms with Gasteiger partial charge in [-0.15, -0.1) is 0 Å². The minimum absolute atomic E-state index is 0.302. The number of hydrogen-bond acceptors (Lipinski definition) is 2. The highest BCUT2D eigenvalue weighted by Gasteiger charge is 2.30. The lowest BCUT2D eigenvalue weighted by molar-refractivity contribution is 0.0203. The molecule has 0 spiro atoms. The largest absolute Gasteiger partial charge is 0.443 e. The lowest BCUT2D eigenvalue weighted by Gasteiger charge is -2.19. The first-order chi connectivity index (χ1) is 14.5. The fourth-order valence-corrected chi connectivity index (χ4v) is 5.23. The number of carbonyl (C=O) groups is 1. The van der Waals surface area contributed by atoms with Crippen LogP contribution in [0.4, 0.5) is 0 Å². The van der Waals surface area contributed by atoms with Gasteiger partial charge in [-0.25, -0.2) is 4.79 Å². The average Bonchev–Trinajstić information content (AvgIpc) is 3.59. The number of carbonyl (C=O) groups excluding carboxylic acids is 1. The summed E-state index contributed by atoms with van der Waals surface area (Å²) in [6.07, 6.45) is 2.31. The highest BCUT2D eigenvalue weighted by atomic mass is 32.2. The Kier molecular flexibility index (Phi) is 5.97. The first-order valence-corrected chi connectivity index (χ1v) is 11.4. The minimum atomic E-state index is -0.795. The van der Waals surface area contributed by atoms with Gasteiger partial charge in [-0.2, -0.15) is 0 Å². The fraction of sp³-hybridized carbons (Fsp3) is 0.222. The van der Waals surface area contributed by atoms with Crippen molar-refractivity contribution < 1.29 is 9.53 Å². The van der Waals surface area contributed by atoms with Gasteiger partial charge in [0, 0.05) is 12.0 Å². The van der Waals surface area contributed by atoms with Gasteiger partial charge in [0.2, 0.25) is 0 Å². The van der Waals surface area contributed by atoms with Gasteiger partial charge in [0.1, 0.15) is 0 Å². The number of benzene rings is 3. The lowest BCUT2D eigenvalue weighted by atomic mass is 10.1. The zero-order chi connectivity index (χ0) is 21.0. The number of rotatable bonds is 5. The van der Waals surface area contributed by atoms with Gasteiger partial charge in [-0.1, -0.05) is 54.3 Å². The van der Waals surface area contributed by atoms with E-state index in [-0.39, 0.29) is 16.9 Å². The standard InChI is InChI=1S/C27H25O2S/c1-27(2,19-18-21-16-17-21)29-26(28)22-10-9-15-25(20-22)30(23-11-5-3-6-12-23)24-13-7-4-8-14-24/h3-15,20-21H,16-17H2,1-2H3/q+1. The van der Waals surface area contributed by atoms with Crippen molar-refractivity contribution in [1.82, 2.24) is 0 Å². The summed E-state index contributed by atoms with van der Waals surface area (Å²) < 4.78 is 5.74. The zero-order valence-electron chi connectivity index (χ0n) is 17.3. The van der Waals surface area contributed by atoms with E-state index in [0.717, 1.165) is 17.7 Å². The monoisotopic (exact) mass is 413 g/mol. The summed E-state index contributed by atoms with van der Waals surface area (Å²) in [5.41, 5.74) is -0.242. The van der Waals surface area contributed by atoms with Gasteiger partial charge in [0.05, 0.1) is 16.5 Å². The molecule has 3 aromatic carbocycles. The summed E-state index contributed by atoms with van der Waals surface area (Å²) in [6.45, 7) is 3.70. The van der Waals surface area contributed by atoms with Crippen molar-refractivity contribution in [2.75, 3.05) is 0 Å². The van der Waals surface area contributed by atoms with E-state index in [2.05, 4.69) is 66.4 Å². The molecule has 0 bridgehead atoms. The Morgan fingerprint density at radius 1 is 0.867 bits per heavy atom. The van der Waals surface area contributed by atoms with Crippen LogP contribution >= 0.6 is 0 Å². The predicted octanol–water partition coefficient (Wildman–Crippen LogP) is 6.13. The molecule has 0 aromatic heterocycles. The van der Waals surface area contributed by atoms with Crippen molar-refractivity contribution in [3.63, 3.8) is 0 Å². The molecule has 0 N–H and O–H groups in total. The first-order valence-electron chi connectivity index (χ1n) is 10.2. The maximum Gasteiger partial charge on any atom is 0.339 e. The molecule has 0 unspecified atom stereocenters. The summed E-state index contributed by atoms with van der Waals surface area (Å²) in [4.78, 5) is 16.4. The van der Waals surface area contributed by atoms with Crippen LogP contribution in [-0.4, -0.2) is 11.6 Å². The average molecular weight is 414 g/mol. The third-order valence-corrected chi connectivity index (χ3v) is 6.98. The maximum absolute atomic E-state index is 12.9. The molecule has 2 nitrogen and oxygen atoms in total. The molecule has 0 saturated heterocycles. The van der Waals surface area contributed by atoms with Crippen LogP contribution in [0.1, 0.15) is 37.0 Å². The van der Waals surface area contributed by atoms with E-state index in [9.17, 15) is 4.79 Å². The van der Waals surface area contributed by atoms with E-state index >= 15 is 0 Å². The van der Waals surface area contributed by atoms with E-state index in [0.29, 0.717) is 11.5 Å². The van der Waals surface area contributed by atoms with E-state index in [1.54, 1.807) is 0 Å². The van der Waals surface area contributed by atoms with Crippen LogP contribution in [0.15, 0.2) is 99.6 Å². The first kappa shape index (κ1) is 20.3. The smallest absolute Gasteiger partial charge is 0.339 e. The topological polar surface area (TPSA) is 26.3 Å². The summed E-state index contributed by atoms with van der Waals surface area (Å²) in [5, 5.41) is 0. The third kappa shape index (κ3) is 5.14. The molecule has 1 fully saturated rings. The Morgan fingerprint density at radius 3 is 2.00 bits per heavy atom. The van der Waals surface area contributed by atoms with Crippen molar-refractivity contribution in [1.29, 1.82) is 0 Å². The maximum atomic E-state index is 12.9. The Balaban J connectivity index is 1.63. The summed E-state index contributed by atoms with van der Waals surface area (Å²) in [7, 11) is -0.302. The summed E-state index contributed by atoms with van der Waals surface area (Å²) >= 11 is 0. The highest BCUT2D eigenvalue weighted by Crippen LogP contribution is 2.32. The molecule has 1 saturated carbocycles. The van der Waals surface area contributed by atoms with Gasteiger partial charge < -0.3 is 4.74 Å². The van der Waals surface area contributed by atoms with Crippen LogP contribution in [0.3, 0.4) is 0 Å². The Hall–Kier alpha value is -2.96. The molecule has 3 heteroatoms. The van der Waals surface area contributed by atoms with Crippen LogP contribution in [0.2, 0.25) is 0 Å². The van der Waals surface area contributed by atoms with Crippen molar-refractivity contribution in [2.45, 2.75) is 47.0 Å². The fourth-order valence-electron chi connectivity index (χ4n) is 3.09. The molecule has 30 heavy (non-hydrogen) atoms. The normalized spacial score (nSPS) is 13.4. The van der Waals surface area contributed by atoms with Gasteiger partial charge in [-0.3, -0.25) is 0 Å². The van der Waals surface area contributed by atoms with Crippen LogP contribution in [0.25, 0.3) is 0 Å². The van der Waals surface area contributed by atoms with Crippen LogP contribution < -0.4 is 0 Å². The van der Waals surface area contributed by atoms with Gasteiger partial charge in [0.25, 0.3) is 0 Å². The molecular formula is C27H25O2S+. The van der Waals surface area contributed by atoms with Crippen LogP contribution in [0, 0.1) is 17.8 Å².